The predicted octanol–water partition coefficient (Wildman–Crippen LogP) is 2.68. The van der Waals surface area contributed by atoms with Crippen molar-refractivity contribution in [3.63, 3.8) is 0 Å². The van der Waals surface area contributed by atoms with Crippen molar-refractivity contribution in [1.82, 2.24) is 20.4 Å². The number of aromatic nitrogens is 2. The van der Waals surface area contributed by atoms with Gasteiger partial charge in [0.2, 0.25) is 10.3 Å². The highest BCUT2D eigenvalue weighted by Crippen LogP contribution is 2.43. The molecule has 1 spiro atoms. The predicted molar refractivity (Wildman–Crippen MR) is 114 cm³/mol. The van der Waals surface area contributed by atoms with E-state index in [0.29, 0.717) is 16.6 Å². The molecule has 4 fully saturated rings. The first kappa shape index (κ1) is 19.5. The Labute approximate surface area is 176 Å². The number of hydrogen-bond acceptors (Lipinski definition) is 7. The lowest BCUT2D eigenvalue weighted by atomic mass is 9.71. The smallest absolute Gasteiger partial charge is 0.321 e. The van der Waals surface area contributed by atoms with Crippen LogP contribution in [0.1, 0.15) is 51.4 Å². The summed E-state index contributed by atoms with van der Waals surface area (Å²) in [5.41, 5.74) is 0.502. The lowest BCUT2D eigenvalue weighted by Gasteiger charge is -2.57. The van der Waals surface area contributed by atoms with Gasteiger partial charge in [0, 0.05) is 51.5 Å². The third-order valence-corrected chi connectivity index (χ3v) is 8.10. The van der Waals surface area contributed by atoms with Gasteiger partial charge in [-0.05, 0) is 43.9 Å². The molecule has 5 rings (SSSR count). The van der Waals surface area contributed by atoms with E-state index in [1.807, 2.05) is 0 Å². The van der Waals surface area contributed by atoms with Crippen molar-refractivity contribution in [2.45, 2.75) is 63.5 Å². The summed E-state index contributed by atoms with van der Waals surface area (Å²) in [6.45, 7) is 6.41. The molecule has 0 atom stereocenters. The quantitative estimate of drug-likeness (QED) is 0.779. The van der Waals surface area contributed by atoms with E-state index >= 15 is 0 Å². The molecule has 4 aliphatic rings. The summed E-state index contributed by atoms with van der Waals surface area (Å²) in [7, 11) is 0. The molecule has 29 heavy (non-hydrogen) atoms. The summed E-state index contributed by atoms with van der Waals surface area (Å²) < 4.78 is 5.50. The zero-order valence-corrected chi connectivity index (χ0v) is 17.9. The number of nitrogens with zero attached hydrogens (tertiary/aromatic N) is 4. The van der Waals surface area contributed by atoms with Crippen molar-refractivity contribution in [3.05, 3.63) is 0 Å². The maximum atomic E-state index is 12.1. The van der Waals surface area contributed by atoms with Gasteiger partial charge in [-0.25, -0.2) is 4.79 Å². The fourth-order valence-corrected chi connectivity index (χ4v) is 6.19. The molecule has 1 aromatic rings. The van der Waals surface area contributed by atoms with Gasteiger partial charge in [-0.2, -0.15) is 0 Å². The third kappa shape index (κ3) is 4.36. The van der Waals surface area contributed by atoms with Crippen LogP contribution in [0.3, 0.4) is 0 Å². The highest BCUT2D eigenvalue weighted by atomic mass is 32.1. The second-order valence-corrected chi connectivity index (χ2v) is 10.2. The number of anilines is 2. The van der Waals surface area contributed by atoms with Crippen LogP contribution in [-0.4, -0.2) is 72.6 Å². The number of nitrogens with one attached hydrogen (secondary N) is 2. The number of hydrogen-bond donors (Lipinski definition) is 2. The molecule has 0 bridgehead atoms. The highest BCUT2D eigenvalue weighted by molar-refractivity contribution is 7.19. The monoisotopic (exact) mass is 420 g/mol. The molecule has 4 heterocycles. The van der Waals surface area contributed by atoms with Crippen molar-refractivity contribution < 1.29 is 9.53 Å². The molecule has 8 nitrogen and oxygen atoms in total. The lowest BCUT2D eigenvalue weighted by Crippen LogP contribution is -2.63. The Morgan fingerprint density at radius 1 is 1.07 bits per heavy atom. The van der Waals surface area contributed by atoms with Crippen molar-refractivity contribution >= 4 is 27.6 Å². The first-order valence-corrected chi connectivity index (χ1v) is 12.0. The van der Waals surface area contributed by atoms with Crippen LogP contribution in [0.5, 0.6) is 0 Å². The molecule has 0 aromatic carbocycles. The number of rotatable bonds is 4. The van der Waals surface area contributed by atoms with Crippen LogP contribution in [0, 0.1) is 5.41 Å². The molecule has 2 N–H and O–H groups in total. The Morgan fingerprint density at radius 2 is 1.79 bits per heavy atom. The summed E-state index contributed by atoms with van der Waals surface area (Å²) in [4.78, 5) is 17.1. The number of carbonyl (C=O) groups is 1. The second-order valence-electron chi connectivity index (χ2n) is 9.21. The van der Waals surface area contributed by atoms with Gasteiger partial charge >= 0.3 is 6.03 Å². The van der Waals surface area contributed by atoms with Gasteiger partial charge in [0.05, 0.1) is 0 Å². The Balaban J connectivity index is 1.08. The van der Waals surface area contributed by atoms with E-state index in [0.717, 1.165) is 50.3 Å². The standard InChI is InChI=1S/C20H32N6O2S/c27-17(21-15-3-1-2-4-15)22-18-23-24-19(29-18)25-9-7-20(8-10-25)13-26(14-20)16-5-11-28-12-6-16/h15-16H,1-14H2,(H2,21,22,23,27). The minimum atomic E-state index is -0.153. The van der Waals surface area contributed by atoms with Gasteiger partial charge in [0.1, 0.15) is 0 Å². The largest absolute Gasteiger partial charge is 0.381 e. The van der Waals surface area contributed by atoms with Crippen LogP contribution in [0.25, 0.3) is 0 Å². The topological polar surface area (TPSA) is 82.6 Å². The zero-order chi connectivity index (χ0) is 19.7. The third-order valence-electron chi connectivity index (χ3n) is 7.20. The van der Waals surface area contributed by atoms with Gasteiger partial charge in [0.15, 0.2) is 0 Å². The van der Waals surface area contributed by atoms with Gasteiger partial charge in [-0.1, -0.05) is 24.2 Å². The number of piperidine rings is 1. The van der Waals surface area contributed by atoms with Crippen molar-refractivity contribution in [2.24, 2.45) is 5.41 Å². The van der Waals surface area contributed by atoms with Crippen LogP contribution < -0.4 is 15.5 Å². The summed E-state index contributed by atoms with van der Waals surface area (Å²) in [6, 6.07) is 0.892. The molecule has 1 saturated carbocycles. The first-order valence-electron chi connectivity index (χ1n) is 11.2. The summed E-state index contributed by atoms with van der Waals surface area (Å²) in [6.07, 6.45) is 9.39. The van der Waals surface area contributed by atoms with Gasteiger partial charge < -0.3 is 15.0 Å². The molecule has 1 aromatic heterocycles. The van der Waals surface area contributed by atoms with Crippen molar-refractivity contribution in [2.75, 3.05) is 49.6 Å². The minimum Gasteiger partial charge on any atom is -0.381 e. The average molecular weight is 421 g/mol. The second kappa shape index (κ2) is 8.35. The van der Waals surface area contributed by atoms with E-state index in [1.54, 1.807) is 0 Å². The Bertz CT molecular complexity index is 700. The molecular formula is C20H32N6O2S. The highest BCUT2D eigenvalue weighted by Gasteiger charge is 2.47. The van der Waals surface area contributed by atoms with Crippen molar-refractivity contribution in [1.29, 1.82) is 0 Å². The molecule has 9 heteroatoms. The number of amides is 2. The van der Waals surface area contributed by atoms with E-state index in [1.165, 1.54) is 63.0 Å². The van der Waals surface area contributed by atoms with Crippen LogP contribution >= 0.6 is 11.3 Å². The zero-order valence-electron chi connectivity index (χ0n) is 17.1. The minimum absolute atomic E-state index is 0.153. The molecule has 2 amide bonds. The molecule has 0 radical (unpaired) electrons. The first-order chi connectivity index (χ1) is 14.2. The molecule has 160 valence electrons. The van der Waals surface area contributed by atoms with Gasteiger partial charge in [-0.3, -0.25) is 10.2 Å². The normalized spacial score (nSPS) is 25.9. The molecule has 3 saturated heterocycles. The Hall–Kier alpha value is -1.45. The number of ether oxygens (including phenoxy) is 1. The maximum Gasteiger partial charge on any atom is 0.321 e. The SMILES string of the molecule is O=C(Nc1nnc(N2CCC3(CC2)CN(C2CCOCC2)C3)s1)NC1CCCC1. The van der Waals surface area contributed by atoms with Crippen LogP contribution in [0.4, 0.5) is 15.1 Å². The maximum absolute atomic E-state index is 12.1. The van der Waals surface area contributed by atoms with E-state index in [-0.39, 0.29) is 6.03 Å². The Kier molecular flexibility index (Phi) is 5.62. The van der Waals surface area contributed by atoms with Crippen LogP contribution in [0.15, 0.2) is 0 Å². The number of carbonyl (C=O) groups excluding carboxylic acids is 1. The summed E-state index contributed by atoms with van der Waals surface area (Å²) in [5, 5.41) is 15.9. The van der Waals surface area contributed by atoms with E-state index in [2.05, 4.69) is 30.6 Å². The van der Waals surface area contributed by atoms with Crippen LogP contribution in [0.2, 0.25) is 0 Å². The average Bonchev–Trinajstić information content (AvgIpc) is 3.39. The molecular weight excluding hydrogens is 388 g/mol. The fraction of sp³-hybridized carbons (Fsp3) is 0.850. The van der Waals surface area contributed by atoms with Gasteiger partial charge in [-0.15, -0.1) is 10.2 Å². The summed E-state index contributed by atoms with van der Waals surface area (Å²) >= 11 is 1.48. The van der Waals surface area contributed by atoms with E-state index in [9.17, 15) is 4.79 Å². The molecule has 1 aliphatic carbocycles. The number of likely N-dealkylation sites (tertiary alicyclic amines) is 1. The van der Waals surface area contributed by atoms with E-state index in [4.69, 9.17) is 4.74 Å². The van der Waals surface area contributed by atoms with Crippen LogP contribution in [-0.2, 0) is 4.74 Å². The molecule has 0 unspecified atom stereocenters. The Morgan fingerprint density at radius 3 is 2.52 bits per heavy atom. The van der Waals surface area contributed by atoms with E-state index < -0.39 is 0 Å². The van der Waals surface area contributed by atoms with Gasteiger partial charge in [0.25, 0.3) is 0 Å². The summed E-state index contributed by atoms with van der Waals surface area (Å²) in [5.74, 6) is 0. The lowest BCUT2D eigenvalue weighted by molar-refractivity contribution is -0.0750. The molecule has 3 aliphatic heterocycles. The number of urea groups is 1. The van der Waals surface area contributed by atoms with Crippen molar-refractivity contribution in [3.8, 4) is 0 Å². The fourth-order valence-electron chi connectivity index (χ4n) is 5.39.